The normalized spacial score (nSPS) is 15.2. The number of benzene rings is 2. The third-order valence-electron chi connectivity index (χ3n) is 5.17. The molecule has 30 heavy (non-hydrogen) atoms. The van der Waals surface area contributed by atoms with Gasteiger partial charge in [-0.2, -0.15) is 4.31 Å². The lowest BCUT2D eigenvalue weighted by molar-refractivity contribution is 0.414. The summed E-state index contributed by atoms with van der Waals surface area (Å²) in [6.45, 7) is 2.54. The van der Waals surface area contributed by atoms with Crippen LogP contribution in [0, 0.1) is 0 Å². The monoisotopic (exact) mass is 430 g/mol. The van der Waals surface area contributed by atoms with Crippen molar-refractivity contribution in [2.45, 2.75) is 30.7 Å². The van der Waals surface area contributed by atoms with Crippen molar-refractivity contribution in [3.05, 3.63) is 59.7 Å². The zero-order chi connectivity index (χ0) is 21.4. The number of nitrogens with zero attached hydrogens (tertiary/aromatic N) is 2. The predicted octanol–water partition coefficient (Wildman–Crippen LogP) is 2.39. The summed E-state index contributed by atoms with van der Waals surface area (Å²) >= 11 is 0. The van der Waals surface area contributed by atoms with Crippen molar-refractivity contribution in [2.24, 2.45) is 4.99 Å². The fourth-order valence-corrected chi connectivity index (χ4v) is 4.90. The highest BCUT2D eigenvalue weighted by Gasteiger charge is 2.26. The van der Waals surface area contributed by atoms with Gasteiger partial charge in [-0.15, -0.1) is 0 Å². The van der Waals surface area contributed by atoms with Gasteiger partial charge in [0, 0.05) is 33.2 Å². The molecule has 1 fully saturated rings. The van der Waals surface area contributed by atoms with Crippen molar-refractivity contribution in [2.75, 3.05) is 33.8 Å². The first-order valence-electron chi connectivity index (χ1n) is 10.2. The quantitative estimate of drug-likeness (QED) is 0.496. The fourth-order valence-electron chi connectivity index (χ4n) is 3.38. The topological polar surface area (TPSA) is 83.0 Å². The maximum atomic E-state index is 12.6. The van der Waals surface area contributed by atoms with Crippen molar-refractivity contribution in [1.29, 1.82) is 0 Å². The van der Waals surface area contributed by atoms with Crippen molar-refractivity contribution < 1.29 is 13.2 Å². The van der Waals surface area contributed by atoms with E-state index in [1.54, 1.807) is 30.6 Å². The van der Waals surface area contributed by atoms with Crippen LogP contribution in [0.4, 0.5) is 0 Å². The van der Waals surface area contributed by atoms with Crippen LogP contribution in [0.2, 0.25) is 0 Å². The summed E-state index contributed by atoms with van der Waals surface area (Å²) in [4.78, 5) is 4.60. The number of aliphatic imine (C=N–C) groups is 1. The molecule has 0 saturated carbocycles. The maximum Gasteiger partial charge on any atom is 0.243 e. The number of guanidine groups is 1. The van der Waals surface area contributed by atoms with Crippen LogP contribution < -0.4 is 15.4 Å². The maximum absolute atomic E-state index is 12.6. The lowest BCUT2D eigenvalue weighted by Crippen LogP contribution is -2.37. The molecule has 0 amide bonds. The Bertz CT molecular complexity index is 935. The minimum Gasteiger partial charge on any atom is -0.497 e. The van der Waals surface area contributed by atoms with E-state index in [2.05, 4.69) is 27.8 Å². The largest absolute Gasteiger partial charge is 0.497 e. The molecule has 0 aliphatic carbocycles. The molecule has 2 N–H and O–H groups in total. The van der Waals surface area contributed by atoms with Crippen LogP contribution in [0.25, 0.3) is 0 Å². The van der Waals surface area contributed by atoms with Gasteiger partial charge in [-0.1, -0.05) is 24.3 Å². The highest BCUT2D eigenvalue weighted by atomic mass is 32.2. The molecule has 2 aromatic rings. The van der Waals surface area contributed by atoms with E-state index in [4.69, 9.17) is 4.74 Å². The van der Waals surface area contributed by atoms with Crippen molar-refractivity contribution in [3.63, 3.8) is 0 Å². The number of rotatable bonds is 8. The first-order valence-corrected chi connectivity index (χ1v) is 11.6. The van der Waals surface area contributed by atoms with Gasteiger partial charge in [0.05, 0.1) is 12.0 Å². The van der Waals surface area contributed by atoms with Gasteiger partial charge in [0.15, 0.2) is 5.96 Å². The van der Waals surface area contributed by atoms with E-state index in [1.807, 2.05) is 24.3 Å². The van der Waals surface area contributed by atoms with Gasteiger partial charge in [-0.05, 0) is 54.7 Å². The lowest BCUT2D eigenvalue weighted by Gasteiger charge is -2.16. The third-order valence-corrected chi connectivity index (χ3v) is 7.09. The Morgan fingerprint density at radius 3 is 2.23 bits per heavy atom. The van der Waals surface area contributed by atoms with Crippen molar-refractivity contribution in [1.82, 2.24) is 14.9 Å². The van der Waals surface area contributed by atoms with Crippen LogP contribution in [0.1, 0.15) is 24.0 Å². The smallest absolute Gasteiger partial charge is 0.243 e. The minimum atomic E-state index is -3.37. The fraction of sp³-hybridized carbons (Fsp3) is 0.409. The molecular weight excluding hydrogens is 400 g/mol. The highest BCUT2D eigenvalue weighted by Crippen LogP contribution is 2.21. The van der Waals surface area contributed by atoms with E-state index < -0.39 is 10.0 Å². The molecule has 162 valence electrons. The Kier molecular flexibility index (Phi) is 7.70. The third kappa shape index (κ3) is 5.73. The molecule has 0 bridgehead atoms. The van der Waals surface area contributed by atoms with E-state index >= 15 is 0 Å². The summed E-state index contributed by atoms with van der Waals surface area (Å²) in [5.41, 5.74) is 2.21. The Balaban J connectivity index is 1.47. The molecule has 1 aliphatic rings. The van der Waals surface area contributed by atoms with E-state index in [1.165, 1.54) is 5.56 Å². The zero-order valence-electron chi connectivity index (χ0n) is 17.6. The van der Waals surface area contributed by atoms with Gasteiger partial charge in [-0.3, -0.25) is 4.99 Å². The van der Waals surface area contributed by atoms with Crippen LogP contribution in [0.5, 0.6) is 5.75 Å². The van der Waals surface area contributed by atoms with Gasteiger partial charge < -0.3 is 15.4 Å². The van der Waals surface area contributed by atoms with Crippen molar-refractivity contribution >= 4 is 16.0 Å². The minimum absolute atomic E-state index is 0.357. The molecule has 1 aliphatic heterocycles. The lowest BCUT2D eigenvalue weighted by atomic mass is 10.1. The molecule has 3 rings (SSSR count). The molecule has 0 aromatic heterocycles. The molecule has 8 heteroatoms. The zero-order valence-corrected chi connectivity index (χ0v) is 18.4. The molecule has 2 aromatic carbocycles. The summed E-state index contributed by atoms with van der Waals surface area (Å²) in [6, 6.07) is 15.1. The predicted molar refractivity (Wildman–Crippen MR) is 119 cm³/mol. The van der Waals surface area contributed by atoms with E-state index in [9.17, 15) is 8.42 Å². The molecule has 0 spiro atoms. The number of methoxy groups -OCH3 is 1. The molecule has 0 unspecified atom stereocenters. The standard InChI is InChI=1S/C22H30N4O3S/c1-23-22(24-14-13-18-5-9-20(29-2)10-6-18)25-17-19-7-11-21(12-8-19)30(27,28)26-15-3-4-16-26/h5-12H,3-4,13-17H2,1-2H3,(H2,23,24,25). The molecule has 1 heterocycles. The Morgan fingerprint density at radius 2 is 1.63 bits per heavy atom. The van der Waals surface area contributed by atoms with Gasteiger partial charge in [0.25, 0.3) is 0 Å². The Morgan fingerprint density at radius 1 is 1.00 bits per heavy atom. The molecular formula is C22H30N4O3S. The second-order valence-corrected chi connectivity index (χ2v) is 9.14. The first kappa shape index (κ1) is 22.1. The van der Waals surface area contributed by atoms with Crippen molar-refractivity contribution in [3.8, 4) is 5.75 Å². The second-order valence-electron chi connectivity index (χ2n) is 7.21. The van der Waals surface area contributed by atoms with Gasteiger partial charge in [0.2, 0.25) is 10.0 Å². The number of hydrogen-bond donors (Lipinski definition) is 2. The molecule has 1 saturated heterocycles. The Labute approximate surface area is 179 Å². The average Bonchev–Trinajstić information content (AvgIpc) is 3.33. The van der Waals surface area contributed by atoms with Crippen LogP contribution in [-0.4, -0.2) is 52.5 Å². The average molecular weight is 431 g/mol. The molecule has 0 radical (unpaired) electrons. The summed E-state index contributed by atoms with van der Waals surface area (Å²) in [5.74, 6) is 1.56. The molecule has 0 atom stereocenters. The Hall–Kier alpha value is -2.58. The first-order chi connectivity index (χ1) is 14.5. The SMILES string of the molecule is CN=C(NCCc1ccc(OC)cc1)NCc1ccc(S(=O)(=O)N2CCCC2)cc1. The van der Waals surface area contributed by atoms with Gasteiger partial charge >= 0.3 is 0 Å². The number of ether oxygens (including phenoxy) is 1. The number of hydrogen-bond acceptors (Lipinski definition) is 4. The summed E-state index contributed by atoms with van der Waals surface area (Å²) in [5, 5.41) is 6.56. The number of nitrogens with one attached hydrogen (secondary N) is 2. The van der Waals surface area contributed by atoms with Crippen LogP contribution in [0.15, 0.2) is 58.4 Å². The van der Waals surface area contributed by atoms with E-state index in [0.29, 0.717) is 30.5 Å². The highest BCUT2D eigenvalue weighted by molar-refractivity contribution is 7.89. The van der Waals surface area contributed by atoms with Gasteiger partial charge in [0.1, 0.15) is 5.75 Å². The van der Waals surface area contributed by atoms with E-state index in [-0.39, 0.29) is 0 Å². The van der Waals surface area contributed by atoms with E-state index in [0.717, 1.165) is 37.1 Å². The van der Waals surface area contributed by atoms with Crippen LogP contribution >= 0.6 is 0 Å². The summed E-state index contributed by atoms with van der Waals surface area (Å²) in [7, 11) is 0.0243. The van der Waals surface area contributed by atoms with Crippen LogP contribution in [-0.2, 0) is 23.0 Å². The summed E-state index contributed by atoms with van der Waals surface area (Å²) in [6.07, 6.45) is 2.74. The summed E-state index contributed by atoms with van der Waals surface area (Å²) < 4.78 is 31.9. The molecule has 7 nitrogen and oxygen atoms in total. The van der Waals surface area contributed by atoms with Gasteiger partial charge in [-0.25, -0.2) is 8.42 Å². The van der Waals surface area contributed by atoms with Crippen LogP contribution in [0.3, 0.4) is 0 Å². The second kappa shape index (κ2) is 10.4. The number of sulfonamides is 1.